The molecule has 0 fully saturated rings. The Morgan fingerprint density at radius 3 is 1.67 bits per heavy atom. The Bertz CT molecular complexity index is 3490. The second-order valence-electron chi connectivity index (χ2n) is 13.1. The number of benzene rings is 10. The van der Waals surface area contributed by atoms with Gasteiger partial charge in [-0.05, 0) is 100 Å². The number of hydrogen-bond donors (Lipinski definition) is 0. The Morgan fingerprint density at radius 1 is 0.333 bits per heavy atom. The molecule has 11 aromatic rings. The minimum Gasteiger partial charge on any atom is -0.455 e. The zero-order chi connectivity index (χ0) is 38.7. The fourth-order valence-corrected chi connectivity index (χ4v) is 8.19. The average Bonchev–Trinajstić information content (AvgIpc) is 3.62. The van der Waals surface area contributed by atoms with E-state index in [9.17, 15) is 0 Å². The van der Waals surface area contributed by atoms with E-state index in [2.05, 4.69) is 121 Å². The van der Waals surface area contributed by atoms with E-state index in [1.54, 1.807) is 0 Å². The fraction of sp³-hybridized carbons (Fsp3) is 0. The Hall–Kier alpha value is -6.70. The van der Waals surface area contributed by atoms with E-state index < -0.39 is 12.1 Å². The highest BCUT2D eigenvalue weighted by molar-refractivity contribution is 6.26. The predicted octanol–water partition coefficient (Wildman–Crippen LogP) is 14.4. The van der Waals surface area contributed by atoms with Gasteiger partial charge in [0.25, 0.3) is 0 Å². The molecule has 1 aromatic heterocycles. The normalized spacial score (nSPS) is 13.6. The summed E-state index contributed by atoms with van der Waals surface area (Å²) < 4.78 is 58.4. The van der Waals surface area contributed by atoms with Crippen LogP contribution in [0, 0.1) is 0 Å². The van der Waals surface area contributed by atoms with Gasteiger partial charge in [-0.2, -0.15) is 0 Å². The van der Waals surface area contributed by atoms with E-state index in [4.69, 9.17) is 12.6 Å². The van der Waals surface area contributed by atoms with E-state index in [1.165, 1.54) is 21.9 Å². The van der Waals surface area contributed by atoms with Crippen LogP contribution in [0.2, 0.25) is 0 Å². The minimum atomic E-state index is -0.436. The summed E-state index contributed by atoms with van der Waals surface area (Å²) in [6.07, 6.45) is 0. The molecule has 236 valence electrons. The number of furan rings is 1. The highest BCUT2D eigenvalue weighted by atomic mass is 16.3. The monoisotopic (exact) mass is 652 g/mol. The standard InChI is InChI=1S/C50H30O/c1-3-17-34-31(13-1)15-11-25-36(34)37-19-5-6-20-38(37)48-39-21-7-9-23-41(39)49(42-24-10-8-22-40(42)48)43-26-12-16-33-29-46-44-28-27-32-14-2-4-18-35(32)50(44)51-47(46)30-45(33)43/h1-30H/i2D,4D,14D,18D,27D,28D. The van der Waals surface area contributed by atoms with Gasteiger partial charge in [-0.25, -0.2) is 0 Å². The Balaban J connectivity index is 1.22. The highest BCUT2D eigenvalue weighted by Gasteiger charge is 2.21. The first kappa shape index (κ1) is 22.8. The topological polar surface area (TPSA) is 13.1 Å². The molecule has 0 N–H and O–H groups in total. The molecule has 11 rings (SSSR count). The lowest BCUT2D eigenvalue weighted by Crippen LogP contribution is -1.93. The van der Waals surface area contributed by atoms with Crippen LogP contribution in [0.3, 0.4) is 0 Å². The van der Waals surface area contributed by atoms with Crippen molar-refractivity contribution in [3.8, 4) is 33.4 Å². The van der Waals surface area contributed by atoms with Crippen LogP contribution < -0.4 is 0 Å². The summed E-state index contributed by atoms with van der Waals surface area (Å²) in [4.78, 5) is 0. The lowest BCUT2D eigenvalue weighted by molar-refractivity contribution is 0.673. The summed E-state index contributed by atoms with van der Waals surface area (Å²) in [6.45, 7) is 0. The van der Waals surface area contributed by atoms with Crippen LogP contribution in [0.4, 0.5) is 0 Å². The third kappa shape index (κ3) is 4.16. The zero-order valence-corrected chi connectivity index (χ0v) is 27.3. The summed E-state index contributed by atoms with van der Waals surface area (Å²) >= 11 is 0. The molecule has 0 saturated carbocycles. The molecule has 0 aliphatic heterocycles. The second kappa shape index (κ2) is 10.9. The maximum atomic E-state index is 9.03. The van der Waals surface area contributed by atoms with Crippen molar-refractivity contribution < 1.29 is 12.6 Å². The first-order valence-corrected chi connectivity index (χ1v) is 17.1. The van der Waals surface area contributed by atoms with Gasteiger partial charge < -0.3 is 4.42 Å². The molecular weight excluding hydrogens is 617 g/mol. The van der Waals surface area contributed by atoms with Gasteiger partial charge in [0.1, 0.15) is 11.2 Å². The molecule has 0 bridgehead atoms. The molecule has 0 aliphatic carbocycles. The molecular formula is C50H30O. The number of fused-ring (bicyclic) bond motifs is 9. The first-order chi connectivity index (χ1) is 27.8. The maximum Gasteiger partial charge on any atom is 0.143 e. The summed E-state index contributed by atoms with van der Waals surface area (Å²) in [5.74, 6) is 0. The van der Waals surface area contributed by atoms with Crippen molar-refractivity contribution in [2.24, 2.45) is 0 Å². The van der Waals surface area contributed by atoms with Gasteiger partial charge in [0.15, 0.2) is 0 Å². The molecule has 0 saturated heterocycles. The van der Waals surface area contributed by atoms with Crippen molar-refractivity contribution in [1.82, 2.24) is 0 Å². The fourth-order valence-electron chi connectivity index (χ4n) is 8.19. The Morgan fingerprint density at radius 2 is 0.902 bits per heavy atom. The quantitative estimate of drug-likeness (QED) is 0.173. The van der Waals surface area contributed by atoms with Crippen molar-refractivity contribution in [3.63, 3.8) is 0 Å². The SMILES string of the molecule is [2H]c1c([2H])c([2H])c2c(c1[2H])c([2H])c([2H])c1c3cc4cccc(-c5c6ccccc6c(-c6ccccc6-c6cccc7ccccc67)c6ccccc56)c4cc3oc21. The van der Waals surface area contributed by atoms with Gasteiger partial charge in [0.2, 0.25) is 0 Å². The lowest BCUT2D eigenvalue weighted by atomic mass is 9.82. The Kier molecular flexibility index (Phi) is 4.88. The van der Waals surface area contributed by atoms with Crippen molar-refractivity contribution in [1.29, 1.82) is 0 Å². The third-order valence-electron chi connectivity index (χ3n) is 10.4. The van der Waals surface area contributed by atoms with Gasteiger partial charge in [-0.1, -0.05) is 164 Å². The summed E-state index contributed by atoms with van der Waals surface area (Å²) in [7, 11) is 0. The molecule has 0 atom stereocenters. The van der Waals surface area contributed by atoms with Crippen molar-refractivity contribution >= 4 is 75.8 Å². The molecule has 0 spiro atoms. The van der Waals surface area contributed by atoms with Crippen molar-refractivity contribution in [2.45, 2.75) is 0 Å². The van der Waals surface area contributed by atoms with E-state index in [0.717, 1.165) is 54.6 Å². The molecule has 1 heterocycles. The van der Waals surface area contributed by atoms with E-state index >= 15 is 0 Å². The zero-order valence-electron chi connectivity index (χ0n) is 33.3. The Labute approximate surface area is 303 Å². The number of rotatable bonds is 3. The average molecular weight is 653 g/mol. The van der Waals surface area contributed by atoms with Crippen LogP contribution in [-0.2, 0) is 0 Å². The van der Waals surface area contributed by atoms with Gasteiger partial charge >= 0.3 is 0 Å². The molecule has 1 heteroatoms. The summed E-state index contributed by atoms with van der Waals surface area (Å²) in [5.41, 5.74) is 7.43. The van der Waals surface area contributed by atoms with Crippen LogP contribution in [0.25, 0.3) is 109 Å². The van der Waals surface area contributed by atoms with E-state index in [0.29, 0.717) is 16.4 Å². The highest BCUT2D eigenvalue weighted by Crippen LogP contribution is 2.48. The molecule has 51 heavy (non-hydrogen) atoms. The van der Waals surface area contributed by atoms with Crippen molar-refractivity contribution in [2.75, 3.05) is 0 Å². The van der Waals surface area contributed by atoms with E-state index in [1.807, 2.05) is 24.3 Å². The van der Waals surface area contributed by atoms with Crippen LogP contribution >= 0.6 is 0 Å². The van der Waals surface area contributed by atoms with Crippen LogP contribution in [0.1, 0.15) is 8.22 Å². The molecule has 0 radical (unpaired) electrons. The maximum absolute atomic E-state index is 9.03. The molecule has 1 nitrogen and oxygen atoms in total. The van der Waals surface area contributed by atoms with Gasteiger partial charge in [-0.3, -0.25) is 0 Å². The smallest absolute Gasteiger partial charge is 0.143 e. The summed E-state index contributed by atoms with van der Waals surface area (Å²) in [6, 6.07) is 49.2. The molecule has 0 aliphatic rings. The van der Waals surface area contributed by atoms with Gasteiger partial charge in [0, 0.05) is 16.2 Å². The van der Waals surface area contributed by atoms with Crippen LogP contribution in [-0.4, -0.2) is 0 Å². The third-order valence-corrected chi connectivity index (χ3v) is 10.4. The largest absolute Gasteiger partial charge is 0.455 e. The summed E-state index contributed by atoms with van der Waals surface area (Å²) in [5, 5.41) is 9.81. The van der Waals surface area contributed by atoms with Crippen LogP contribution in [0.15, 0.2) is 186 Å². The van der Waals surface area contributed by atoms with Gasteiger partial charge in [-0.15, -0.1) is 0 Å². The predicted molar refractivity (Wildman–Crippen MR) is 218 cm³/mol. The van der Waals surface area contributed by atoms with Gasteiger partial charge in [0.05, 0.1) is 8.22 Å². The van der Waals surface area contributed by atoms with Crippen LogP contribution in [0.5, 0.6) is 0 Å². The second-order valence-corrected chi connectivity index (χ2v) is 13.1. The molecule has 0 unspecified atom stereocenters. The molecule has 10 aromatic carbocycles. The minimum absolute atomic E-state index is 0.0112. The molecule has 0 amide bonds. The lowest BCUT2D eigenvalue weighted by Gasteiger charge is -2.20. The first-order valence-electron chi connectivity index (χ1n) is 20.1. The van der Waals surface area contributed by atoms with E-state index in [-0.39, 0.29) is 40.5 Å². The van der Waals surface area contributed by atoms with Crippen molar-refractivity contribution in [3.05, 3.63) is 182 Å². The number of hydrogen-bond acceptors (Lipinski definition) is 1.